The van der Waals surface area contributed by atoms with Gasteiger partial charge in [0, 0.05) is 13.0 Å². The normalized spacial score (nSPS) is 11.8. The number of benzene rings is 1. The first-order valence-electron chi connectivity index (χ1n) is 8.10. The molecule has 1 aromatic rings. The molecule has 4 heteroatoms. The van der Waals surface area contributed by atoms with Gasteiger partial charge >= 0.3 is 5.97 Å². The van der Waals surface area contributed by atoms with Crippen molar-refractivity contribution in [2.24, 2.45) is 0 Å². The van der Waals surface area contributed by atoms with Gasteiger partial charge in [-0.25, -0.2) is 0 Å². The summed E-state index contributed by atoms with van der Waals surface area (Å²) in [6, 6.07) is 9.86. The van der Waals surface area contributed by atoms with Crippen molar-refractivity contribution in [3.8, 4) is 0 Å². The number of carbonyl (C=O) groups is 2. The molecule has 0 N–H and O–H groups in total. The highest BCUT2D eigenvalue weighted by atomic mass is 16.5. The third-order valence-corrected chi connectivity index (χ3v) is 3.68. The molecule has 122 valence electrons. The molecule has 0 bridgehead atoms. The van der Waals surface area contributed by atoms with Crippen LogP contribution in [0.3, 0.4) is 0 Å². The van der Waals surface area contributed by atoms with Gasteiger partial charge in [0.2, 0.25) is 5.91 Å². The Morgan fingerprint density at radius 3 is 2.41 bits per heavy atom. The second-order valence-corrected chi connectivity index (χ2v) is 5.33. The second kappa shape index (κ2) is 9.98. The molecule has 0 aromatic heterocycles. The van der Waals surface area contributed by atoms with Crippen molar-refractivity contribution >= 4 is 11.9 Å². The third-order valence-electron chi connectivity index (χ3n) is 3.68. The first-order chi connectivity index (χ1) is 10.6. The summed E-state index contributed by atoms with van der Waals surface area (Å²) in [5, 5.41) is 0. The lowest BCUT2D eigenvalue weighted by Crippen LogP contribution is -2.35. The van der Waals surface area contributed by atoms with Gasteiger partial charge in [0.25, 0.3) is 0 Å². The number of hydrogen-bond acceptors (Lipinski definition) is 3. The van der Waals surface area contributed by atoms with Crippen molar-refractivity contribution in [2.45, 2.75) is 52.5 Å². The van der Waals surface area contributed by atoms with E-state index in [4.69, 9.17) is 4.74 Å². The second-order valence-electron chi connectivity index (χ2n) is 5.33. The van der Waals surface area contributed by atoms with Crippen LogP contribution in [0.1, 0.15) is 58.1 Å². The molecular weight excluding hydrogens is 278 g/mol. The maximum atomic E-state index is 12.5. The van der Waals surface area contributed by atoms with E-state index in [1.54, 1.807) is 11.8 Å². The molecule has 1 atom stereocenters. The lowest BCUT2D eigenvalue weighted by molar-refractivity contribution is -0.144. The number of nitrogens with zero attached hydrogens (tertiary/aromatic N) is 1. The molecule has 1 unspecified atom stereocenters. The van der Waals surface area contributed by atoms with E-state index in [2.05, 4.69) is 6.92 Å². The quantitative estimate of drug-likeness (QED) is 0.653. The van der Waals surface area contributed by atoms with Crippen LogP contribution in [-0.4, -0.2) is 29.9 Å². The highest BCUT2D eigenvalue weighted by Crippen LogP contribution is 2.21. The zero-order chi connectivity index (χ0) is 16.4. The van der Waals surface area contributed by atoms with Gasteiger partial charge in [-0.05, 0) is 25.8 Å². The van der Waals surface area contributed by atoms with Crippen LogP contribution in [0.15, 0.2) is 30.3 Å². The lowest BCUT2D eigenvalue weighted by atomic mass is 10.1. The largest absolute Gasteiger partial charge is 0.466 e. The average Bonchev–Trinajstić information content (AvgIpc) is 2.54. The topological polar surface area (TPSA) is 46.6 Å². The van der Waals surface area contributed by atoms with E-state index in [1.165, 1.54) is 0 Å². The average molecular weight is 305 g/mol. The molecule has 0 spiro atoms. The Hall–Kier alpha value is -1.84. The molecule has 1 amide bonds. The minimum absolute atomic E-state index is 0.0417. The number of esters is 1. The first-order valence-corrected chi connectivity index (χ1v) is 8.10. The molecule has 0 aliphatic heterocycles. The molecule has 1 aromatic carbocycles. The van der Waals surface area contributed by atoms with Crippen LogP contribution in [0, 0.1) is 0 Å². The fourth-order valence-corrected chi connectivity index (χ4v) is 2.36. The van der Waals surface area contributed by atoms with Gasteiger partial charge in [0.15, 0.2) is 0 Å². The van der Waals surface area contributed by atoms with Crippen LogP contribution in [-0.2, 0) is 14.3 Å². The monoisotopic (exact) mass is 305 g/mol. The standard InChI is InChI=1S/C18H27NO3/c1-4-6-12-17(20)19(14-13-18(21)22-5-2)15(3)16-10-8-7-9-11-16/h7-11,15H,4-6,12-14H2,1-3H3. The Labute approximate surface area is 133 Å². The Bertz CT molecular complexity index is 459. The van der Waals surface area contributed by atoms with Gasteiger partial charge in [0.05, 0.1) is 19.1 Å². The van der Waals surface area contributed by atoms with E-state index in [0.717, 1.165) is 18.4 Å². The van der Waals surface area contributed by atoms with Crippen molar-refractivity contribution in [2.75, 3.05) is 13.2 Å². The summed E-state index contributed by atoms with van der Waals surface area (Å²) in [6.07, 6.45) is 2.62. The molecule has 0 fully saturated rings. The van der Waals surface area contributed by atoms with Crippen LogP contribution in [0.5, 0.6) is 0 Å². The molecule has 0 heterocycles. The van der Waals surface area contributed by atoms with E-state index in [9.17, 15) is 9.59 Å². The first kappa shape index (κ1) is 18.2. The highest BCUT2D eigenvalue weighted by Gasteiger charge is 2.21. The third kappa shape index (κ3) is 5.88. The van der Waals surface area contributed by atoms with Crippen molar-refractivity contribution in [1.29, 1.82) is 0 Å². The summed E-state index contributed by atoms with van der Waals surface area (Å²) in [5.41, 5.74) is 1.08. The van der Waals surface area contributed by atoms with E-state index in [1.807, 2.05) is 37.3 Å². The van der Waals surface area contributed by atoms with Crippen LogP contribution < -0.4 is 0 Å². The summed E-state index contributed by atoms with van der Waals surface area (Å²) in [6.45, 7) is 6.63. The number of rotatable bonds is 9. The van der Waals surface area contributed by atoms with Crippen molar-refractivity contribution in [3.63, 3.8) is 0 Å². The molecule has 0 saturated carbocycles. The molecule has 1 rings (SSSR count). The maximum absolute atomic E-state index is 12.5. The zero-order valence-corrected chi connectivity index (χ0v) is 13.9. The fraction of sp³-hybridized carbons (Fsp3) is 0.556. The zero-order valence-electron chi connectivity index (χ0n) is 13.9. The highest BCUT2D eigenvalue weighted by molar-refractivity contribution is 5.77. The number of unbranched alkanes of at least 4 members (excludes halogenated alkanes) is 1. The van der Waals surface area contributed by atoms with Crippen LogP contribution in [0.2, 0.25) is 0 Å². The summed E-state index contributed by atoms with van der Waals surface area (Å²) in [7, 11) is 0. The minimum atomic E-state index is -0.254. The SMILES string of the molecule is CCCCC(=O)N(CCC(=O)OCC)C(C)c1ccccc1. The molecule has 4 nitrogen and oxygen atoms in total. The smallest absolute Gasteiger partial charge is 0.307 e. The summed E-state index contributed by atoms with van der Waals surface area (Å²) in [5.74, 6) is -0.154. The van der Waals surface area contributed by atoms with E-state index in [0.29, 0.717) is 19.6 Å². The molecule has 0 radical (unpaired) electrons. The molecule has 0 aliphatic rings. The van der Waals surface area contributed by atoms with Gasteiger partial charge < -0.3 is 9.64 Å². The number of carbonyl (C=O) groups excluding carboxylic acids is 2. The Balaban J connectivity index is 2.76. The van der Waals surface area contributed by atoms with Crippen molar-refractivity contribution in [1.82, 2.24) is 4.90 Å². The van der Waals surface area contributed by atoms with Gasteiger partial charge in [-0.2, -0.15) is 0 Å². The van der Waals surface area contributed by atoms with E-state index < -0.39 is 0 Å². The number of ether oxygens (including phenoxy) is 1. The Kier molecular flexibility index (Phi) is 8.26. The molecule has 22 heavy (non-hydrogen) atoms. The predicted molar refractivity (Wildman–Crippen MR) is 87.3 cm³/mol. The van der Waals surface area contributed by atoms with Crippen molar-refractivity contribution in [3.05, 3.63) is 35.9 Å². The maximum Gasteiger partial charge on any atom is 0.307 e. The summed E-state index contributed by atoms with van der Waals surface area (Å²) in [4.78, 5) is 25.8. The van der Waals surface area contributed by atoms with Gasteiger partial charge in [-0.3, -0.25) is 9.59 Å². The molecule has 0 aliphatic carbocycles. The fourth-order valence-electron chi connectivity index (χ4n) is 2.36. The number of amides is 1. The predicted octanol–water partition coefficient (Wildman–Crippen LogP) is 3.72. The van der Waals surface area contributed by atoms with Gasteiger partial charge in [0.1, 0.15) is 0 Å². The van der Waals surface area contributed by atoms with Crippen molar-refractivity contribution < 1.29 is 14.3 Å². The number of hydrogen-bond donors (Lipinski definition) is 0. The van der Waals surface area contributed by atoms with Crippen LogP contribution >= 0.6 is 0 Å². The lowest BCUT2D eigenvalue weighted by Gasteiger charge is -2.29. The van der Waals surface area contributed by atoms with E-state index >= 15 is 0 Å². The summed E-state index contributed by atoms with van der Waals surface area (Å²) >= 11 is 0. The van der Waals surface area contributed by atoms with E-state index in [-0.39, 0.29) is 24.3 Å². The van der Waals surface area contributed by atoms with Crippen LogP contribution in [0.4, 0.5) is 0 Å². The van der Waals surface area contributed by atoms with Crippen LogP contribution in [0.25, 0.3) is 0 Å². The Morgan fingerprint density at radius 2 is 1.82 bits per heavy atom. The molecule has 0 saturated heterocycles. The van der Waals surface area contributed by atoms with Gasteiger partial charge in [-0.15, -0.1) is 0 Å². The summed E-state index contributed by atoms with van der Waals surface area (Å²) < 4.78 is 4.96. The Morgan fingerprint density at radius 1 is 1.14 bits per heavy atom. The molecular formula is C18H27NO3. The minimum Gasteiger partial charge on any atom is -0.466 e. The van der Waals surface area contributed by atoms with Gasteiger partial charge in [-0.1, -0.05) is 43.7 Å².